The highest BCUT2D eigenvalue weighted by molar-refractivity contribution is 6.51. The molecule has 0 aliphatic carbocycles. The van der Waals surface area contributed by atoms with Gasteiger partial charge in [-0.1, -0.05) is 126 Å². The summed E-state index contributed by atoms with van der Waals surface area (Å²) < 4.78 is 0. The maximum atomic E-state index is 13.2. The lowest BCUT2D eigenvalue weighted by Gasteiger charge is -2.15. The Morgan fingerprint density at radius 3 is 1.44 bits per heavy atom. The van der Waals surface area contributed by atoms with Gasteiger partial charge in [0.15, 0.2) is 5.71 Å². The van der Waals surface area contributed by atoms with Gasteiger partial charge in [-0.15, -0.1) is 0 Å². The molecule has 156 valence electrons. The Labute approximate surface area is 186 Å². The van der Waals surface area contributed by atoms with E-state index in [-0.39, 0.29) is 11.5 Å². The Balaban J connectivity index is 1.69. The van der Waals surface area contributed by atoms with Gasteiger partial charge in [0.25, 0.3) is 0 Å². The summed E-state index contributed by atoms with van der Waals surface area (Å²) in [6.45, 7) is 0. The molecule has 4 rings (SSSR count). The Morgan fingerprint density at radius 1 is 0.562 bits per heavy atom. The normalized spacial score (nSPS) is 11.2. The third-order valence-electron chi connectivity index (χ3n) is 5.03. The molecule has 0 fully saturated rings. The second-order valence-electron chi connectivity index (χ2n) is 7.17. The van der Waals surface area contributed by atoms with Crippen LogP contribution in [0.3, 0.4) is 0 Å². The maximum absolute atomic E-state index is 13.2. The molecule has 4 aromatic rings. The minimum atomic E-state index is -0.662. The molecule has 0 saturated carbocycles. The molecule has 0 aliphatic rings. The van der Waals surface area contributed by atoms with Gasteiger partial charge in [0.05, 0.1) is 0 Å². The second-order valence-corrected chi connectivity index (χ2v) is 7.17. The van der Waals surface area contributed by atoms with Crippen molar-refractivity contribution in [3.63, 3.8) is 0 Å². The molecule has 4 nitrogen and oxygen atoms in total. The summed E-state index contributed by atoms with van der Waals surface area (Å²) >= 11 is 0. The number of carbonyl (C=O) groups is 2. The Bertz CT molecular complexity index is 1170. The van der Waals surface area contributed by atoms with Crippen molar-refractivity contribution in [1.82, 2.24) is 0 Å². The van der Waals surface area contributed by atoms with E-state index in [0.29, 0.717) is 11.1 Å². The number of hydrogen-bond acceptors (Lipinski definition) is 4. The smallest absolute Gasteiger partial charge is 0.316 e. The van der Waals surface area contributed by atoms with Gasteiger partial charge in [0.2, 0.25) is 5.78 Å². The molecule has 0 aliphatic heterocycles. The molecule has 0 bridgehead atoms. The standard InChI is InChI=1S/C28H21NO3/c30-27(24-19-11-4-12-20-24)26(23-17-9-3-10-18-23)29-32-28(31)25(21-13-5-1-6-14-21)22-15-7-2-8-16-22/h1-20,25H/b29-26+. The molecule has 0 spiro atoms. The molecule has 0 radical (unpaired) electrons. The molecule has 4 heteroatoms. The molecule has 0 N–H and O–H groups in total. The van der Waals surface area contributed by atoms with E-state index >= 15 is 0 Å². The van der Waals surface area contributed by atoms with Crippen LogP contribution in [-0.2, 0) is 9.63 Å². The molecule has 32 heavy (non-hydrogen) atoms. The molecule has 0 amide bonds. The van der Waals surface area contributed by atoms with Crippen molar-refractivity contribution >= 4 is 17.5 Å². The summed E-state index contributed by atoms with van der Waals surface area (Å²) in [4.78, 5) is 31.7. The highest BCUT2D eigenvalue weighted by Gasteiger charge is 2.26. The van der Waals surface area contributed by atoms with Crippen molar-refractivity contribution in [2.24, 2.45) is 5.16 Å². The van der Waals surface area contributed by atoms with E-state index in [4.69, 9.17) is 4.84 Å². The SMILES string of the molecule is O=C(/C(=N/OC(=O)C(c1ccccc1)c1ccccc1)c1ccccc1)c1ccccc1. The van der Waals surface area contributed by atoms with Crippen LogP contribution in [0.15, 0.2) is 126 Å². The van der Waals surface area contributed by atoms with Gasteiger partial charge in [0, 0.05) is 11.1 Å². The molecule has 0 atom stereocenters. The van der Waals surface area contributed by atoms with Crippen molar-refractivity contribution in [3.8, 4) is 0 Å². The summed E-state index contributed by atoms with van der Waals surface area (Å²) in [6.07, 6.45) is 0. The van der Waals surface area contributed by atoms with Crippen LogP contribution >= 0.6 is 0 Å². The fourth-order valence-corrected chi connectivity index (χ4v) is 3.45. The van der Waals surface area contributed by atoms with Gasteiger partial charge in [-0.2, -0.15) is 0 Å². The van der Waals surface area contributed by atoms with Gasteiger partial charge in [0.1, 0.15) is 5.92 Å². The van der Waals surface area contributed by atoms with E-state index in [1.165, 1.54) is 0 Å². The van der Waals surface area contributed by atoms with Crippen LogP contribution in [0.1, 0.15) is 33.0 Å². The lowest BCUT2D eigenvalue weighted by Crippen LogP contribution is -2.20. The fraction of sp³-hybridized carbons (Fsp3) is 0.0357. The van der Waals surface area contributed by atoms with E-state index in [9.17, 15) is 9.59 Å². The number of oxime groups is 1. The van der Waals surface area contributed by atoms with Gasteiger partial charge < -0.3 is 4.84 Å². The first kappa shape index (κ1) is 20.9. The summed E-state index contributed by atoms with van der Waals surface area (Å²) in [5, 5.41) is 4.06. The Hall–Kier alpha value is -4.31. The summed E-state index contributed by atoms with van der Waals surface area (Å²) in [7, 11) is 0. The van der Waals surface area contributed by atoms with Crippen LogP contribution in [0.25, 0.3) is 0 Å². The van der Waals surface area contributed by atoms with Gasteiger partial charge in [-0.3, -0.25) is 4.79 Å². The quantitative estimate of drug-likeness (QED) is 0.168. The molecular weight excluding hydrogens is 398 g/mol. The predicted octanol–water partition coefficient (Wildman–Crippen LogP) is 5.65. The number of ketones is 1. The average Bonchev–Trinajstić information content (AvgIpc) is 2.87. The van der Waals surface area contributed by atoms with Gasteiger partial charge >= 0.3 is 5.97 Å². The number of rotatable bonds is 7. The van der Waals surface area contributed by atoms with E-state index in [1.807, 2.05) is 84.9 Å². The van der Waals surface area contributed by atoms with Crippen molar-refractivity contribution in [3.05, 3.63) is 144 Å². The Kier molecular flexibility index (Phi) is 6.63. The molecule has 0 saturated heterocycles. The number of hydrogen-bond donors (Lipinski definition) is 0. The average molecular weight is 419 g/mol. The fourth-order valence-electron chi connectivity index (χ4n) is 3.45. The van der Waals surface area contributed by atoms with Crippen LogP contribution < -0.4 is 0 Å². The zero-order valence-electron chi connectivity index (χ0n) is 17.3. The van der Waals surface area contributed by atoms with Gasteiger partial charge in [-0.05, 0) is 11.1 Å². The first-order valence-corrected chi connectivity index (χ1v) is 10.3. The first-order valence-electron chi connectivity index (χ1n) is 10.3. The van der Waals surface area contributed by atoms with E-state index in [1.54, 1.807) is 36.4 Å². The van der Waals surface area contributed by atoms with Crippen LogP contribution in [-0.4, -0.2) is 17.5 Å². The minimum Gasteiger partial charge on any atom is -0.316 e. The molecular formula is C28H21NO3. The van der Waals surface area contributed by atoms with Gasteiger partial charge in [-0.25, -0.2) is 4.79 Å². The van der Waals surface area contributed by atoms with Crippen molar-refractivity contribution in [1.29, 1.82) is 0 Å². The van der Waals surface area contributed by atoms with Crippen LogP contribution in [0.5, 0.6) is 0 Å². The second kappa shape index (κ2) is 10.1. The largest absolute Gasteiger partial charge is 0.346 e. The zero-order chi connectivity index (χ0) is 22.2. The summed E-state index contributed by atoms with van der Waals surface area (Å²) in [5.74, 6) is -1.54. The van der Waals surface area contributed by atoms with Crippen molar-refractivity contribution in [2.75, 3.05) is 0 Å². The lowest BCUT2D eigenvalue weighted by atomic mass is 9.91. The molecule has 0 aromatic heterocycles. The summed E-state index contributed by atoms with van der Waals surface area (Å²) in [6, 6.07) is 36.5. The third kappa shape index (κ3) is 4.87. The van der Waals surface area contributed by atoms with Crippen molar-refractivity contribution in [2.45, 2.75) is 5.92 Å². The van der Waals surface area contributed by atoms with Crippen molar-refractivity contribution < 1.29 is 14.4 Å². The van der Waals surface area contributed by atoms with E-state index in [2.05, 4.69) is 5.16 Å². The number of benzene rings is 4. The van der Waals surface area contributed by atoms with Crippen LogP contribution in [0.4, 0.5) is 0 Å². The Morgan fingerprint density at radius 2 is 0.969 bits per heavy atom. The minimum absolute atomic E-state index is 0.0741. The summed E-state index contributed by atoms with van der Waals surface area (Å²) in [5.41, 5.74) is 2.69. The maximum Gasteiger partial charge on any atom is 0.346 e. The molecule has 0 unspecified atom stereocenters. The number of Topliss-reactive ketones (excluding diaryl/α,β-unsaturated/α-hetero) is 1. The highest BCUT2D eigenvalue weighted by Crippen LogP contribution is 2.26. The zero-order valence-corrected chi connectivity index (χ0v) is 17.3. The van der Waals surface area contributed by atoms with E-state index < -0.39 is 11.9 Å². The third-order valence-corrected chi connectivity index (χ3v) is 5.03. The monoisotopic (exact) mass is 419 g/mol. The number of nitrogens with zero attached hydrogens (tertiary/aromatic N) is 1. The number of carbonyl (C=O) groups excluding carboxylic acids is 2. The molecule has 0 heterocycles. The molecule has 4 aromatic carbocycles. The van der Waals surface area contributed by atoms with Crippen LogP contribution in [0.2, 0.25) is 0 Å². The lowest BCUT2D eigenvalue weighted by molar-refractivity contribution is -0.144. The van der Waals surface area contributed by atoms with Crippen LogP contribution in [0, 0.1) is 0 Å². The first-order chi connectivity index (χ1) is 15.7. The topological polar surface area (TPSA) is 55.7 Å². The van der Waals surface area contributed by atoms with E-state index in [0.717, 1.165) is 11.1 Å². The highest BCUT2D eigenvalue weighted by atomic mass is 16.7. The predicted molar refractivity (Wildman–Crippen MR) is 125 cm³/mol.